The molecule has 140 valence electrons. The SMILES string of the molecule is Cc1ccc(NS(=O)(=O)c2cccc(-c3nnc(SCC(=O)O)o3)c2)cc1. The molecule has 8 nitrogen and oxygen atoms in total. The highest BCUT2D eigenvalue weighted by Crippen LogP contribution is 2.26. The maximum Gasteiger partial charge on any atom is 0.314 e. The van der Waals surface area contributed by atoms with Gasteiger partial charge in [0.1, 0.15) is 5.75 Å². The molecule has 0 saturated heterocycles. The monoisotopic (exact) mass is 405 g/mol. The second-order valence-electron chi connectivity index (χ2n) is 5.55. The number of hydrogen-bond acceptors (Lipinski definition) is 7. The zero-order valence-electron chi connectivity index (χ0n) is 14.1. The molecular formula is C17H15N3O5S2. The molecule has 0 spiro atoms. The molecule has 0 aliphatic carbocycles. The van der Waals surface area contributed by atoms with Crippen molar-refractivity contribution in [3.05, 3.63) is 54.1 Å². The first-order valence-corrected chi connectivity index (χ1v) is 10.2. The molecule has 0 aliphatic heterocycles. The number of thioether (sulfide) groups is 1. The Kier molecular flexibility index (Phi) is 5.47. The number of aromatic nitrogens is 2. The Morgan fingerprint density at radius 3 is 2.63 bits per heavy atom. The lowest BCUT2D eigenvalue weighted by Gasteiger charge is -2.09. The minimum absolute atomic E-state index is 0.0403. The molecule has 0 unspecified atom stereocenters. The first-order chi connectivity index (χ1) is 12.8. The number of carboxylic acid groups (broad SMARTS) is 1. The summed E-state index contributed by atoms with van der Waals surface area (Å²) in [5.41, 5.74) is 1.89. The van der Waals surface area contributed by atoms with Crippen LogP contribution in [0, 0.1) is 6.92 Å². The summed E-state index contributed by atoms with van der Waals surface area (Å²) < 4.78 is 33.1. The van der Waals surface area contributed by atoms with Crippen LogP contribution < -0.4 is 4.72 Å². The molecule has 0 aliphatic rings. The predicted molar refractivity (Wildman–Crippen MR) is 100 cm³/mol. The normalized spacial score (nSPS) is 11.3. The van der Waals surface area contributed by atoms with Gasteiger partial charge < -0.3 is 9.52 Å². The average Bonchev–Trinajstić information content (AvgIpc) is 3.11. The van der Waals surface area contributed by atoms with E-state index in [1.807, 2.05) is 19.1 Å². The van der Waals surface area contributed by atoms with E-state index in [0.717, 1.165) is 17.3 Å². The van der Waals surface area contributed by atoms with Crippen LogP contribution in [0.25, 0.3) is 11.5 Å². The highest BCUT2D eigenvalue weighted by atomic mass is 32.2. The van der Waals surface area contributed by atoms with Gasteiger partial charge in [0, 0.05) is 11.3 Å². The summed E-state index contributed by atoms with van der Waals surface area (Å²) in [4.78, 5) is 10.6. The molecule has 2 N–H and O–H groups in total. The van der Waals surface area contributed by atoms with Crippen molar-refractivity contribution in [1.82, 2.24) is 10.2 Å². The van der Waals surface area contributed by atoms with Crippen molar-refractivity contribution >= 4 is 33.4 Å². The number of carbonyl (C=O) groups is 1. The van der Waals surface area contributed by atoms with Gasteiger partial charge in [-0.25, -0.2) is 8.42 Å². The van der Waals surface area contributed by atoms with E-state index in [1.54, 1.807) is 24.3 Å². The molecule has 10 heteroatoms. The van der Waals surface area contributed by atoms with E-state index in [-0.39, 0.29) is 21.8 Å². The van der Waals surface area contributed by atoms with Gasteiger partial charge in [-0.3, -0.25) is 9.52 Å². The number of nitrogens with one attached hydrogen (secondary N) is 1. The van der Waals surface area contributed by atoms with E-state index in [9.17, 15) is 13.2 Å². The minimum atomic E-state index is -3.79. The first kappa shape index (κ1) is 18.9. The van der Waals surface area contributed by atoms with E-state index in [2.05, 4.69) is 14.9 Å². The van der Waals surface area contributed by atoms with Crippen molar-refractivity contribution in [2.24, 2.45) is 0 Å². The first-order valence-electron chi connectivity index (χ1n) is 7.71. The molecule has 0 radical (unpaired) electrons. The Balaban J connectivity index is 1.82. The lowest BCUT2D eigenvalue weighted by Crippen LogP contribution is -2.12. The number of carboxylic acids is 1. The van der Waals surface area contributed by atoms with Gasteiger partial charge in [-0.15, -0.1) is 10.2 Å². The van der Waals surface area contributed by atoms with Gasteiger partial charge in [0.2, 0.25) is 5.89 Å². The predicted octanol–water partition coefficient (Wildman–Crippen LogP) is 3.02. The number of sulfonamides is 1. The van der Waals surface area contributed by atoms with E-state index in [4.69, 9.17) is 9.52 Å². The molecular weight excluding hydrogens is 390 g/mol. The van der Waals surface area contributed by atoms with Crippen molar-refractivity contribution in [2.45, 2.75) is 17.0 Å². The lowest BCUT2D eigenvalue weighted by atomic mass is 10.2. The number of rotatable bonds is 7. The van der Waals surface area contributed by atoms with Crippen LogP contribution in [-0.4, -0.2) is 35.4 Å². The quantitative estimate of drug-likeness (QED) is 0.575. The van der Waals surface area contributed by atoms with E-state index in [1.165, 1.54) is 12.1 Å². The van der Waals surface area contributed by atoms with Crippen molar-refractivity contribution in [2.75, 3.05) is 10.5 Å². The van der Waals surface area contributed by atoms with Gasteiger partial charge >= 0.3 is 5.97 Å². The summed E-state index contributed by atoms with van der Waals surface area (Å²) >= 11 is 0.886. The highest BCUT2D eigenvalue weighted by Gasteiger charge is 2.17. The molecule has 0 amide bonds. The van der Waals surface area contributed by atoms with Gasteiger partial charge in [0.25, 0.3) is 15.2 Å². The number of anilines is 1. The van der Waals surface area contributed by atoms with Gasteiger partial charge in [-0.05, 0) is 37.3 Å². The number of aliphatic carboxylic acids is 1. The summed E-state index contributed by atoms with van der Waals surface area (Å²) in [6.07, 6.45) is 0. The smallest absolute Gasteiger partial charge is 0.314 e. The number of aryl methyl sites for hydroxylation is 1. The van der Waals surface area contributed by atoms with Crippen LogP contribution in [0.2, 0.25) is 0 Å². The van der Waals surface area contributed by atoms with Gasteiger partial charge in [0.15, 0.2) is 0 Å². The molecule has 27 heavy (non-hydrogen) atoms. The van der Waals surface area contributed by atoms with Crippen LogP contribution in [0.4, 0.5) is 5.69 Å². The topological polar surface area (TPSA) is 122 Å². The molecule has 3 rings (SSSR count). The van der Waals surface area contributed by atoms with Crippen molar-refractivity contribution in [1.29, 1.82) is 0 Å². The van der Waals surface area contributed by atoms with Crippen LogP contribution in [0.1, 0.15) is 5.56 Å². The number of nitrogens with zero attached hydrogens (tertiary/aromatic N) is 2. The van der Waals surface area contributed by atoms with Gasteiger partial charge in [-0.2, -0.15) is 0 Å². The lowest BCUT2D eigenvalue weighted by molar-refractivity contribution is -0.133. The van der Waals surface area contributed by atoms with Crippen molar-refractivity contribution < 1.29 is 22.7 Å². The fraction of sp³-hybridized carbons (Fsp3) is 0.118. The molecule has 1 heterocycles. The molecule has 0 fully saturated rings. The standard InChI is InChI=1S/C17H15N3O5S2/c1-11-5-7-13(8-6-11)20-27(23,24)14-4-2-3-12(9-14)16-18-19-17(25-16)26-10-15(21)22/h2-9,20H,10H2,1H3,(H,21,22). The summed E-state index contributed by atoms with van der Waals surface area (Å²) in [6, 6.07) is 13.0. The fourth-order valence-electron chi connectivity index (χ4n) is 2.14. The Hall–Kier alpha value is -2.85. The van der Waals surface area contributed by atoms with Crippen LogP contribution in [0.3, 0.4) is 0 Å². The largest absolute Gasteiger partial charge is 0.481 e. The highest BCUT2D eigenvalue weighted by molar-refractivity contribution is 7.99. The minimum Gasteiger partial charge on any atom is -0.481 e. The number of hydrogen-bond donors (Lipinski definition) is 2. The van der Waals surface area contributed by atoms with Gasteiger partial charge in [0.05, 0.1) is 4.90 Å². The molecule has 0 saturated carbocycles. The molecule has 1 aromatic heterocycles. The Bertz CT molecular complexity index is 1060. The van der Waals surface area contributed by atoms with E-state index >= 15 is 0 Å². The summed E-state index contributed by atoms with van der Waals surface area (Å²) in [7, 11) is -3.79. The van der Waals surface area contributed by atoms with Crippen molar-refractivity contribution in [3.8, 4) is 11.5 Å². The number of benzene rings is 2. The Labute approximate surface area is 159 Å². The third-order valence-corrected chi connectivity index (χ3v) is 5.60. The second-order valence-corrected chi connectivity index (χ2v) is 8.16. The third-order valence-electron chi connectivity index (χ3n) is 3.42. The maximum atomic E-state index is 12.6. The third kappa shape index (κ3) is 4.86. The summed E-state index contributed by atoms with van der Waals surface area (Å²) in [6.45, 7) is 1.91. The average molecular weight is 405 g/mol. The summed E-state index contributed by atoms with van der Waals surface area (Å²) in [5, 5.41) is 16.4. The second kappa shape index (κ2) is 7.80. The van der Waals surface area contributed by atoms with Gasteiger partial charge in [-0.1, -0.05) is 35.5 Å². The Morgan fingerprint density at radius 1 is 1.19 bits per heavy atom. The summed E-state index contributed by atoms with van der Waals surface area (Å²) in [5.74, 6) is -1.11. The fourth-order valence-corrected chi connectivity index (χ4v) is 3.73. The maximum absolute atomic E-state index is 12.6. The molecule has 2 aromatic carbocycles. The van der Waals surface area contributed by atoms with E-state index < -0.39 is 16.0 Å². The molecule has 0 atom stereocenters. The molecule has 3 aromatic rings. The van der Waals surface area contributed by atoms with Crippen molar-refractivity contribution in [3.63, 3.8) is 0 Å². The van der Waals surface area contributed by atoms with Crippen LogP contribution in [0.15, 0.2) is 63.1 Å². The van der Waals surface area contributed by atoms with Crippen LogP contribution in [0.5, 0.6) is 0 Å². The van der Waals surface area contributed by atoms with Crippen LogP contribution >= 0.6 is 11.8 Å². The van der Waals surface area contributed by atoms with Crippen LogP contribution in [-0.2, 0) is 14.8 Å². The zero-order chi connectivity index (χ0) is 19.4. The van der Waals surface area contributed by atoms with E-state index in [0.29, 0.717) is 11.3 Å². The molecule has 0 bridgehead atoms. The zero-order valence-corrected chi connectivity index (χ0v) is 15.8. The Morgan fingerprint density at radius 2 is 1.93 bits per heavy atom.